The molecular formula is C17H18O4. The lowest BCUT2D eigenvalue weighted by atomic mass is 9.79. The smallest absolute Gasteiger partial charge is 0.323 e. The predicted molar refractivity (Wildman–Crippen MR) is 79.4 cm³/mol. The average molecular weight is 286 g/mol. The number of fused-ring (bicyclic) bond motifs is 1. The summed E-state index contributed by atoms with van der Waals surface area (Å²) in [4.78, 5) is 24.5. The number of methoxy groups -OCH3 is 2. The first-order chi connectivity index (χ1) is 10.1. The van der Waals surface area contributed by atoms with Crippen LogP contribution in [-0.4, -0.2) is 26.2 Å². The summed E-state index contributed by atoms with van der Waals surface area (Å²) in [6.07, 6.45) is 4.04. The Hall–Kier alpha value is -2.36. The van der Waals surface area contributed by atoms with E-state index in [2.05, 4.69) is 6.58 Å². The highest BCUT2D eigenvalue weighted by Crippen LogP contribution is 2.38. The zero-order valence-electron chi connectivity index (χ0n) is 12.2. The molecule has 0 spiro atoms. The minimum atomic E-state index is -1.34. The standard InChI is InChI=1S/C17H18O4/c1-4-12-9-10-17(15(18)20-2,16(19)21-3)11-13-7-5-6-8-14(12)13/h4-9H,1,10-11H2,2-3H3. The van der Waals surface area contributed by atoms with Crippen molar-refractivity contribution in [2.24, 2.45) is 5.41 Å². The van der Waals surface area contributed by atoms with Gasteiger partial charge in [-0.2, -0.15) is 0 Å². The van der Waals surface area contributed by atoms with Gasteiger partial charge in [-0.3, -0.25) is 9.59 Å². The van der Waals surface area contributed by atoms with Gasteiger partial charge in [0, 0.05) is 6.42 Å². The Bertz CT molecular complexity index is 597. The van der Waals surface area contributed by atoms with Gasteiger partial charge in [0.25, 0.3) is 0 Å². The van der Waals surface area contributed by atoms with E-state index in [0.29, 0.717) is 0 Å². The van der Waals surface area contributed by atoms with Crippen molar-refractivity contribution in [2.45, 2.75) is 12.8 Å². The molecule has 0 aromatic heterocycles. The number of carbonyl (C=O) groups excluding carboxylic acids is 2. The minimum Gasteiger partial charge on any atom is -0.468 e. The lowest BCUT2D eigenvalue weighted by Crippen LogP contribution is -2.42. The highest BCUT2D eigenvalue weighted by molar-refractivity contribution is 6.01. The van der Waals surface area contributed by atoms with Crippen molar-refractivity contribution < 1.29 is 19.1 Å². The molecule has 0 saturated carbocycles. The summed E-state index contributed by atoms with van der Waals surface area (Å²) in [6.45, 7) is 3.80. The van der Waals surface area contributed by atoms with Crippen molar-refractivity contribution in [3.63, 3.8) is 0 Å². The molecule has 0 heterocycles. The van der Waals surface area contributed by atoms with Crippen LogP contribution in [0.3, 0.4) is 0 Å². The number of benzene rings is 1. The normalized spacial score (nSPS) is 16.0. The van der Waals surface area contributed by atoms with Crippen molar-refractivity contribution in [3.05, 3.63) is 54.1 Å². The molecule has 0 radical (unpaired) electrons. The zero-order valence-corrected chi connectivity index (χ0v) is 12.2. The molecule has 0 amide bonds. The Morgan fingerprint density at radius 1 is 1.19 bits per heavy atom. The highest BCUT2D eigenvalue weighted by Gasteiger charge is 2.48. The molecule has 0 bridgehead atoms. The van der Waals surface area contributed by atoms with E-state index in [9.17, 15) is 9.59 Å². The third kappa shape index (κ3) is 2.49. The molecule has 1 aliphatic rings. The second kappa shape index (κ2) is 5.95. The SMILES string of the molecule is C=CC1=CCC(C(=O)OC)(C(=O)OC)Cc2ccccc21. The summed E-state index contributed by atoms with van der Waals surface area (Å²) < 4.78 is 9.72. The van der Waals surface area contributed by atoms with Gasteiger partial charge in [0.2, 0.25) is 0 Å². The van der Waals surface area contributed by atoms with Gasteiger partial charge in [0.1, 0.15) is 0 Å². The van der Waals surface area contributed by atoms with Crippen LogP contribution in [0, 0.1) is 5.41 Å². The van der Waals surface area contributed by atoms with Gasteiger partial charge in [-0.25, -0.2) is 0 Å². The molecular weight excluding hydrogens is 268 g/mol. The summed E-state index contributed by atoms with van der Waals surface area (Å²) in [5, 5.41) is 0. The van der Waals surface area contributed by atoms with E-state index in [1.165, 1.54) is 14.2 Å². The first kappa shape index (κ1) is 15.0. The van der Waals surface area contributed by atoms with Gasteiger partial charge in [-0.05, 0) is 23.1 Å². The lowest BCUT2D eigenvalue weighted by molar-refractivity contribution is -0.168. The lowest BCUT2D eigenvalue weighted by Gasteiger charge is -2.26. The van der Waals surface area contributed by atoms with Gasteiger partial charge in [0.05, 0.1) is 14.2 Å². The molecule has 110 valence electrons. The molecule has 0 fully saturated rings. The maximum atomic E-state index is 12.3. The van der Waals surface area contributed by atoms with Crippen molar-refractivity contribution in [2.75, 3.05) is 14.2 Å². The number of allylic oxidation sites excluding steroid dienone is 3. The number of carbonyl (C=O) groups is 2. The Morgan fingerprint density at radius 3 is 2.38 bits per heavy atom. The molecule has 0 saturated heterocycles. The van der Waals surface area contributed by atoms with Gasteiger partial charge >= 0.3 is 11.9 Å². The summed E-state index contributed by atoms with van der Waals surface area (Å²) >= 11 is 0. The summed E-state index contributed by atoms with van der Waals surface area (Å²) in [7, 11) is 2.56. The first-order valence-corrected chi connectivity index (χ1v) is 6.66. The van der Waals surface area contributed by atoms with E-state index in [1.54, 1.807) is 6.08 Å². The molecule has 4 nitrogen and oxygen atoms in total. The Kier molecular flexibility index (Phi) is 4.26. The van der Waals surface area contributed by atoms with Crippen LogP contribution >= 0.6 is 0 Å². The Morgan fingerprint density at radius 2 is 1.81 bits per heavy atom. The van der Waals surface area contributed by atoms with E-state index in [4.69, 9.17) is 9.47 Å². The quantitative estimate of drug-likeness (QED) is 0.633. The molecule has 2 rings (SSSR count). The van der Waals surface area contributed by atoms with Crippen molar-refractivity contribution in [3.8, 4) is 0 Å². The Labute approximate surface area is 124 Å². The van der Waals surface area contributed by atoms with Crippen LogP contribution in [0.4, 0.5) is 0 Å². The van der Waals surface area contributed by atoms with Crippen molar-refractivity contribution in [1.29, 1.82) is 0 Å². The predicted octanol–water partition coefficient (Wildman–Crippen LogP) is 2.53. The maximum absolute atomic E-state index is 12.3. The first-order valence-electron chi connectivity index (χ1n) is 6.66. The van der Waals surface area contributed by atoms with Gasteiger partial charge in [0.15, 0.2) is 5.41 Å². The molecule has 21 heavy (non-hydrogen) atoms. The number of rotatable bonds is 3. The van der Waals surface area contributed by atoms with Gasteiger partial charge in [-0.1, -0.05) is 43.0 Å². The molecule has 0 unspecified atom stereocenters. The summed E-state index contributed by atoms with van der Waals surface area (Å²) in [6, 6.07) is 7.65. The molecule has 0 aliphatic heterocycles. The second-order valence-corrected chi connectivity index (χ2v) is 4.97. The zero-order chi connectivity index (χ0) is 15.5. The summed E-state index contributed by atoms with van der Waals surface area (Å²) in [5.74, 6) is -1.16. The molecule has 0 atom stereocenters. The fourth-order valence-electron chi connectivity index (χ4n) is 2.73. The van der Waals surface area contributed by atoms with E-state index in [0.717, 1.165) is 16.7 Å². The number of hydrogen-bond acceptors (Lipinski definition) is 4. The Balaban J connectivity index is 2.62. The average Bonchev–Trinajstić information content (AvgIpc) is 2.70. The monoisotopic (exact) mass is 286 g/mol. The van der Waals surface area contributed by atoms with E-state index < -0.39 is 17.4 Å². The van der Waals surface area contributed by atoms with Crippen molar-refractivity contribution in [1.82, 2.24) is 0 Å². The minimum absolute atomic E-state index is 0.225. The third-order valence-electron chi connectivity index (χ3n) is 3.86. The largest absolute Gasteiger partial charge is 0.468 e. The van der Waals surface area contributed by atoms with E-state index >= 15 is 0 Å². The van der Waals surface area contributed by atoms with Gasteiger partial charge in [-0.15, -0.1) is 0 Å². The fraction of sp³-hybridized carbons (Fsp3) is 0.294. The van der Waals surface area contributed by atoms with Crippen LogP contribution in [0.5, 0.6) is 0 Å². The third-order valence-corrected chi connectivity index (χ3v) is 3.86. The van der Waals surface area contributed by atoms with Crippen LogP contribution in [0.1, 0.15) is 17.5 Å². The van der Waals surface area contributed by atoms with Crippen LogP contribution in [-0.2, 0) is 25.5 Å². The highest BCUT2D eigenvalue weighted by atomic mass is 16.5. The van der Waals surface area contributed by atoms with E-state index in [1.807, 2.05) is 30.3 Å². The van der Waals surface area contributed by atoms with Crippen LogP contribution in [0.2, 0.25) is 0 Å². The second-order valence-electron chi connectivity index (χ2n) is 4.97. The topological polar surface area (TPSA) is 52.6 Å². The van der Waals surface area contributed by atoms with Crippen LogP contribution < -0.4 is 0 Å². The summed E-state index contributed by atoms with van der Waals surface area (Å²) in [5.41, 5.74) is 1.43. The number of esters is 2. The molecule has 0 N–H and O–H groups in total. The molecule has 1 aromatic rings. The molecule has 1 aromatic carbocycles. The van der Waals surface area contributed by atoms with Gasteiger partial charge < -0.3 is 9.47 Å². The molecule has 1 aliphatic carbocycles. The van der Waals surface area contributed by atoms with E-state index in [-0.39, 0.29) is 12.8 Å². The van der Waals surface area contributed by atoms with Crippen molar-refractivity contribution >= 4 is 17.5 Å². The maximum Gasteiger partial charge on any atom is 0.323 e. The fourth-order valence-corrected chi connectivity index (χ4v) is 2.73. The number of hydrogen-bond donors (Lipinski definition) is 0. The van der Waals surface area contributed by atoms with Crippen LogP contribution in [0.25, 0.3) is 5.57 Å². The van der Waals surface area contributed by atoms with Crippen LogP contribution in [0.15, 0.2) is 43.0 Å². The molecule has 4 heteroatoms. The number of ether oxygens (including phenoxy) is 2.